The first-order valence-electron chi connectivity index (χ1n) is 4.40. The van der Waals surface area contributed by atoms with Gasteiger partial charge in [0.25, 0.3) is 0 Å². The summed E-state index contributed by atoms with van der Waals surface area (Å²) >= 11 is 0. The van der Waals surface area contributed by atoms with Gasteiger partial charge in [0.05, 0.1) is 11.1 Å². The zero-order chi connectivity index (χ0) is 8.93. The largest absolute Gasteiger partial charge is 1.00 e. The Morgan fingerprint density at radius 3 is 1.29 bits per heavy atom. The molecule has 14 heavy (non-hydrogen) atoms. The highest BCUT2D eigenvalue weighted by atomic mass is 35.5. The van der Waals surface area contributed by atoms with Gasteiger partial charge in [-0.3, -0.25) is 0 Å². The van der Waals surface area contributed by atoms with E-state index in [0.717, 1.165) is 0 Å². The third-order valence-corrected chi connectivity index (χ3v) is 1.93. The fourth-order valence-electron chi connectivity index (χ4n) is 1.29. The molecule has 0 unspecified atom stereocenters. The number of hydrogen-bond donors (Lipinski definition) is 0. The average molecular weight is 203 g/mol. The van der Waals surface area contributed by atoms with Crippen molar-refractivity contribution in [2.75, 3.05) is 0 Å². The Kier molecular flexibility index (Phi) is 4.09. The van der Waals surface area contributed by atoms with Crippen molar-refractivity contribution in [3.63, 3.8) is 0 Å². The quantitative estimate of drug-likeness (QED) is 0.615. The molecule has 2 aromatic carbocycles. The molecule has 0 atom stereocenters. The molecule has 0 aliphatic heterocycles. The lowest BCUT2D eigenvalue weighted by molar-refractivity contribution is -0.00000254. The summed E-state index contributed by atoms with van der Waals surface area (Å²) in [5.41, 5.74) is 2.49. The lowest BCUT2D eigenvalue weighted by Crippen LogP contribution is -3.00. The highest BCUT2D eigenvalue weighted by molar-refractivity contribution is 5.36. The molecule has 0 aliphatic rings. The van der Waals surface area contributed by atoms with Gasteiger partial charge in [-0.2, -0.15) is 0 Å². The van der Waals surface area contributed by atoms with Crippen LogP contribution in [0.4, 0.5) is 0 Å². The molecular weight excluding hydrogens is 192 g/mol. The van der Waals surface area contributed by atoms with Crippen LogP contribution in [-0.4, -0.2) is 0 Å². The Morgan fingerprint density at radius 1 is 0.571 bits per heavy atom. The minimum Gasteiger partial charge on any atom is -1.00 e. The zero-order valence-corrected chi connectivity index (χ0v) is 8.48. The standard InChI is InChI=1S/C13H11.ClH/c1-3-7-12(8-4-1)11-13-9-5-2-6-10-13;/h1-11H;1H/q+1;/p-1. The van der Waals surface area contributed by atoms with E-state index in [1.807, 2.05) is 12.1 Å². The monoisotopic (exact) mass is 202 g/mol. The van der Waals surface area contributed by atoms with Crippen LogP contribution in [0.5, 0.6) is 0 Å². The first-order chi connectivity index (χ1) is 6.45. The van der Waals surface area contributed by atoms with Crippen molar-refractivity contribution in [1.82, 2.24) is 0 Å². The predicted molar refractivity (Wildman–Crippen MR) is 55.4 cm³/mol. The molecular formula is C13H11Cl. The third kappa shape index (κ3) is 2.82. The molecule has 0 aromatic heterocycles. The summed E-state index contributed by atoms with van der Waals surface area (Å²) in [7, 11) is 0. The van der Waals surface area contributed by atoms with Crippen LogP contribution in [-0.2, 0) is 0 Å². The van der Waals surface area contributed by atoms with Gasteiger partial charge < -0.3 is 12.4 Å². The Labute approximate surface area is 91.0 Å². The van der Waals surface area contributed by atoms with Gasteiger partial charge >= 0.3 is 0 Å². The van der Waals surface area contributed by atoms with Crippen molar-refractivity contribution >= 4 is 0 Å². The van der Waals surface area contributed by atoms with Crippen LogP contribution in [0.3, 0.4) is 0 Å². The molecule has 0 nitrogen and oxygen atoms in total. The average Bonchev–Trinajstić information content (AvgIpc) is 2.21. The molecule has 0 fully saturated rings. The van der Waals surface area contributed by atoms with E-state index in [4.69, 9.17) is 0 Å². The Hall–Kier alpha value is -1.40. The van der Waals surface area contributed by atoms with Crippen LogP contribution in [0, 0.1) is 6.42 Å². The third-order valence-electron chi connectivity index (χ3n) is 1.93. The van der Waals surface area contributed by atoms with Crippen molar-refractivity contribution in [2.24, 2.45) is 0 Å². The van der Waals surface area contributed by atoms with E-state index >= 15 is 0 Å². The SMILES string of the molecule is [Cl-].c1ccc([CH+]c2ccccc2)cc1. The second kappa shape index (κ2) is 5.36. The van der Waals surface area contributed by atoms with Crippen LogP contribution >= 0.6 is 0 Å². The number of benzene rings is 2. The van der Waals surface area contributed by atoms with Crippen LogP contribution in [0.2, 0.25) is 0 Å². The molecule has 0 bridgehead atoms. The van der Waals surface area contributed by atoms with Gasteiger partial charge in [0.2, 0.25) is 0 Å². The minimum atomic E-state index is 0. The fourth-order valence-corrected chi connectivity index (χ4v) is 1.29. The molecule has 2 rings (SSSR count). The van der Waals surface area contributed by atoms with Gasteiger partial charge in [-0.15, -0.1) is 0 Å². The second-order valence-electron chi connectivity index (χ2n) is 2.97. The van der Waals surface area contributed by atoms with Crippen LogP contribution in [0.15, 0.2) is 60.7 Å². The van der Waals surface area contributed by atoms with Crippen LogP contribution < -0.4 is 12.4 Å². The van der Waals surface area contributed by atoms with Gasteiger partial charge in [0.1, 0.15) is 0 Å². The first-order valence-corrected chi connectivity index (χ1v) is 4.40. The second-order valence-corrected chi connectivity index (χ2v) is 2.97. The molecule has 0 aliphatic carbocycles. The summed E-state index contributed by atoms with van der Waals surface area (Å²) in [5.74, 6) is 0. The van der Waals surface area contributed by atoms with Gasteiger partial charge in [0.15, 0.2) is 0 Å². The van der Waals surface area contributed by atoms with Gasteiger partial charge in [-0.05, 0) is 36.4 Å². The molecule has 0 heterocycles. The number of rotatable bonds is 2. The lowest BCUT2D eigenvalue weighted by atomic mass is 10.1. The summed E-state index contributed by atoms with van der Waals surface area (Å²) in [5, 5.41) is 0. The summed E-state index contributed by atoms with van der Waals surface area (Å²) in [4.78, 5) is 0. The van der Waals surface area contributed by atoms with Crippen molar-refractivity contribution in [1.29, 1.82) is 0 Å². The van der Waals surface area contributed by atoms with Gasteiger partial charge in [-0.1, -0.05) is 0 Å². The van der Waals surface area contributed by atoms with E-state index < -0.39 is 0 Å². The molecule has 0 amide bonds. The maximum absolute atomic E-state index is 2.17. The normalized spacial score (nSPS) is 8.86. The number of hydrogen-bond acceptors (Lipinski definition) is 0. The van der Waals surface area contributed by atoms with Gasteiger partial charge in [-0.25, -0.2) is 0 Å². The topological polar surface area (TPSA) is 0 Å². The predicted octanol–water partition coefficient (Wildman–Crippen LogP) is 0.291. The molecule has 0 saturated heterocycles. The van der Waals surface area contributed by atoms with Crippen molar-refractivity contribution in [3.8, 4) is 0 Å². The zero-order valence-electron chi connectivity index (χ0n) is 7.73. The fraction of sp³-hybridized carbons (Fsp3) is 0. The maximum atomic E-state index is 2.17. The van der Waals surface area contributed by atoms with E-state index in [1.54, 1.807) is 0 Å². The van der Waals surface area contributed by atoms with Crippen molar-refractivity contribution in [3.05, 3.63) is 78.2 Å². The molecule has 0 radical (unpaired) electrons. The molecule has 0 saturated carbocycles. The van der Waals surface area contributed by atoms with Crippen LogP contribution in [0.25, 0.3) is 0 Å². The molecule has 0 N–H and O–H groups in total. The van der Waals surface area contributed by atoms with E-state index in [-0.39, 0.29) is 12.4 Å². The molecule has 1 heteroatoms. The molecule has 0 spiro atoms. The summed E-state index contributed by atoms with van der Waals surface area (Å²) < 4.78 is 0. The van der Waals surface area contributed by atoms with E-state index in [1.165, 1.54) is 11.1 Å². The van der Waals surface area contributed by atoms with Crippen molar-refractivity contribution < 1.29 is 12.4 Å². The van der Waals surface area contributed by atoms with E-state index in [2.05, 4.69) is 55.0 Å². The van der Waals surface area contributed by atoms with Gasteiger partial charge in [0, 0.05) is 30.7 Å². The summed E-state index contributed by atoms with van der Waals surface area (Å²) in [6.07, 6.45) is 2.17. The molecule has 70 valence electrons. The van der Waals surface area contributed by atoms with E-state index in [0.29, 0.717) is 0 Å². The highest BCUT2D eigenvalue weighted by Gasteiger charge is 2.00. The summed E-state index contributed by atoms with van der Waals surface area (Å²) in [6.45, 7) is 0. The Bertz CT molecular complexity index is 316. The Morgan fingerprint density at radius 2 is 0.929 bits per heavy atom. The Balaban J connectivity index is 0.000000980. The van der Waals surface area contributed by atoms with Crippen molar-refractivity contribution in [2.45, 2.75) is 0 Å². The summed E-state index contributed by atoms with van der Waals surface area (Å²) in [6, 6.07) is 20.7. The lowest BCUT2D eigenvalue weighted by Gasteiger charge is -1.92. The first kappa shape index (κ1) is 10.7. The highest BCUT2D eigenvalue weighted by Crippen LogP contribution is 2.10. The smallest absolute Gasteiger partial charge is 0.0725 e. The van der Waals surface area contributed by atoms with E-state index in [9.17, 15) is 0 Å². The molecule has 2 aromatic rings. The number of halogens is 1. The maximum Gasteiger partial charge on any atom is 0.0725 e. The minimum absolute atomic E-state index is 0. The van der Waals surface area contributed by atoms with Crippen LogP contribution in [0.1, 0.15) is 11.1 Å².